The topological polar surface area (TPSA) is 59.3 Å². The van der Waals surface area contributed by atoms with E-state index in [4.69, 9.17) is 0 Å². The molecule has 0 bridgehead atoms. The second kappa shape index (κ2) is 4.20. The molecule has 0 radical (unpaired) electrons. The summed E-state index contributed by atoms with van der Waals surface area (Å²) in [5, 5.41) is 9.51. The number of carboxylic acids is 1. The first-order chi connectivity index (χ1) is 8.34. The third kappa shape index (κ3) is 1.73. The Morgan fingerprint density at radius 1 is 1.44 bits per heavy atom. The zero-order chi connectivity index (χ0) is 13.6. The molecule has 2 rings (SSSR count). The third-order valence-electron chi connectivity index (χ3n) is 2.88. The predicted molar refractivity (Wildman–Crippen MR) is 68.5 cm³/mol. The van der Waals surface area contributed by atoms with Crippen LogP contribution in [0.1, 0.15) is 15.9 Å². The van der Waals surface area contributed by atoms with Crippen molar-refractivity contribution < 1.29 is 14.3 Å². The van der Waals surface area contributed by atoms with Crippen molar-refractivity contribution in [3.8, 4) is 0 Å². The first-order valence-electron chi connectivity index (χ1n) is 5.06. The Labute approximate surface area is 110 Å². The number of hydrogen-bond acceptors (Lipinski definition) is 2. The molecule has 1 aromatic carbocycles. The zero-order valence-electron chi connectivity index (χ0n) is 9.62. The molecule has 0 saturated heterocycles. The van der Waals surface area contributed by atoms with Gasteiger partial charge in [0.15, 0.2) is 0 Å². The number of aryl methyl sites for hydroxylation is 1. The second-order valence-corrected chi connectivity index (χ2v) is 4.81. The molecule has 94 valence electrons. The second-order valence-electron chi connectivity index (χ2n) is 3.95. The molecule has 0 fully saturated rings. The van der Waals surface area contributed by atoms with Crippen molar-refractivity contribution in [2.75, 3.05) is 0 Å². The molecule has 0 spiro atoms. The summed E-state index contributed by atoms with van der Waals surface area (Å²) in [6.07, 6.45) is 0. The number of pyridine rings is 1. The van der Waals surface area contributed by atoms with Crippen molar-refractivity contribution in [3.05, 3.63) is 43.9 Å². The molecule has 2 aromatic rings. The molecule has 0 aliphatic heterocycles. The molecular formula is C12H9BrFNO3. The van der Waals surface area contributed by atoms with E-state index in [1.165, 1.54) is 24.6 Å². The fraction of sp³-hybridized carbons (Fsp3) is 0.167. The van der Waals surface area contributed by atoms with Crippen LogP contribution in [-0.4, -0.2) is 15.6 Å². The van der Waals surface area contributed by atoms with Crippen LogP contribution in [0.3, 0.4) is 0 Å². The highest BCUT2D eigenvalue weighted by atomic mass is 79.9. The highest BCUT2D eigenvalue weighted by Crippen LogP contribution is 2.26. The summed E-state index contributed by atoms with van der Waals surface area (Å²) >= 11 is 3.01. The molecule has 1 heterocycles. The van der Waals surface area contributed by atoms with E-state index in [9.17, 15) is 19.1 Å². The van der Waals surface area contributed by atoms with Crippen molar-refractivity contribution in [2.45, 2.75) is 6.92 Å². The van der Waals surface area contributed by atoms with Crippen LogP contribution in [0, 0.1) is 12.7 Å². The Balaban J connectivity index is 3.13. The van der Waals surface area contributed by atoms with E-state index in [-0.39, 0.29) is 21.1 Å². The number of aromatic nitrogens is 1. The van der Waals surface area contributed by atoms with Crippen molar-refractivity contribution in [1.82, 2.24) is 4.57 Å². The van der Waals surface area contributed by atoms with Gasteiger partial charge in [0, 0.05) is 18.0 Å². The van der Waals surface area contributed by atoms with Gasteiger partial charge in [-0.05, 0) is 35.0 Å². The van der Waals surface area contributed by atoms with Gasteiger partial charge < -0.3 is 9.67 Å². The minimum absolute atomic E-state index is 0.0891. The van der Waals surface area contributed by atoms with Crippen molar-refractivity contribution in [1.29, 1.82) is 0 Å². The summed E-state index contributed by atoms with van der Waals surface area (Å²) in [5.41, 5.74) is -0.143. The van der Waals surface area contributed by atoms with Gasteiger partial charge in [0.25, 0.3) is 5.56 Å². The van der Waals surface area contributed by atoms with Crippen LogP contribution in [0.2, 0.25) is 0 Å². The lowest BCUT2D eigenvalue weighted by Crippen LogP contribution is -2.23. The van der Waals surface area contributed by atoms with Gasteiger partial charge >= 0.3 is 5.97 Å². The average molecular weight is 314 g/mol. The van der Waals surface area contributed by atoms with Crippen LogP contribution >= 0.6 is 15.9 Å². The maximum absolute atomic E-state index is 13.5. The van der Waals surface area contributed by atoms with Crippen LogP contribution in [0.4, 0.5) is 4.39 Å². The maximum Gasteiger partial charge on any atom is 0.336 e. The molecule has 0 aliphatic rings. The van der Waals surface area contributed by atoms with E-state index in [1.54, 1.807) is 0 Å². The maximum atomic E-state index is 13.5. The Hall–Kier alpha value is -1.69. The SMILES string of the molecule is Cc1c(C(=O)O)c2cc(Br)c(F)cc2n(C)c1=O. The number of rotatable bonds is 1. The van der Waals surface area contributed by atoms with Crippen LogP contribution in [0.5, 0.6) is 0 Å². The summed E-state index contributed by atoms with van der Waals surface area (Å²) in [6.45, 7) is 1.45. The Morgan fingerprint density at radius 2 is 2.06 bits per heavy atom. The number of benzene rings is 1. The summed E-state index contributed by atoms with van der Waals surface area (Å²) < 4.78 is 14.9. The Morgan fingerprint density at radius 3 is 2.61 bits per heavy atom. The lowest BCUT2D eigenvalue weighted by Gasteiger charge is -2.11. The van der Waals surface area contributed by atoms with Gasteiger partial charge in [0.05, 0.1) is 15.6 Å². The molecule has 1 aromatic heterocycles. The molecule has 0 aliphatic carbocycles. The van der Waals surface area contributed by atoms with E-state index in [0.29, 0.717) is 5.39 Å². The largest absolute Gasteiger partial charge is 0.478 e. The number of aromatic carboxylic acids is 1. The van der Waals surface area contributed by atoms with Crippen molar-refractivity contribution in [3.63, 3.8) is 0 Å². The molecule has 1 N–H and O–H groups in total. The molecule has 4 nitrogen and oxygen atoms in total. The van der Waals surface area contributed by atoms with Crippen LogP contribution in [0.15, 0.2) is 21.4 Å². The molecule has 0 unspecified atom stereocenters. The lowest BCUT2D eigenvalue weighted by atomic mass is 10.0. The van der Waals surface area contributed by atoms with Gasteiger partial charge in [-0.3, -0.25) is 4.79 Å². The van der Waals surface area contributed by atoms with Gasteiger partial charge in [-0.1, -0.05) is 0 Å². The van der Waals surface area contributed by atoms with E-state index >= 15 is 0 Å². The molecule has 6 heteroatoms. The van der Waals surface area contributed by atoms with E-state index in [1.807, 2.05) is 0 Å². The molecular weight excluding hydrogens is 305 g/mol. The third-order valence-corrected chi connectivity index (χ3v) is 3.49. The van der Waals surface area contributed by atoms with Crippen molar-refractivity contribution in [2.24, 2.45) is 7.05 Å². The normalized spacial score (nSPS) is 10.9. The fourth-order valence-electron chi connectivity index (χ4n) is 1.96. The highest BCUT2D eigenvalue weighted by molar-refractivity contribution is 9.10. The summed E-state index contributed by atoms with van der Waals surface area (Å²) in [7, 11) is 1.48. The lowest BCUT2D eigenvalue weighted by molar-refractivity contribution is 0.0698. The van der Waals surface area contributed by atoms with Gasteiger partial charge in [-0.15, -0.1) is 0 Å². The minimum atomic E-state index is -1.20. The number of fused-ring (bicyclic) bond motifs is 1. The van der Waals surface area contributed by atoms with E-state index in [0.717, 1.165) is 6.07 Å². The molecule has 0 atom stereocenters. The highest BCUT2D eigenvalue weighted by Gasteiger charge is 2.18. The smallest absolute Gasteiger partial charge is 0.336 e. The van der Waals surface area contributed by atoms with E-state index in [2.05, 4.69) is 15.9 Å². The van der Waals surface area contributed by atoms with Crippen LogP contribution < -0.4 is 5.56 Å². The average Bonchev–Trinajstić information content (AvgIpc) is 2.29. The van der Waals surface area contributed by atoms with Crippen molar-refractivity contribution >= 4 is 32.8 Å². The fourth-order valence-corrected chi connectivity index (χ4v) is 2.30. The minimum Gasteiger partial charge on any atom is -0.478 e. The summed E-state index contributed by atoms with van der Waals surface area (Å²) in [4.78, 5) is 23.1. The summed E-state index contributed by atoms with van der Waals surface area (Å²) in [5.74, 6) is -1.74. The van der Waals surface area contributed by atoms with Gasteiger partial charge in [-0.25, -0.2) is 9.18 Å². The number of halogens is 2. The standard InChI is InChI=1S/C12H9BrFNO3/c1-5-10(12(17)18)6-3-7(13)8(14)4-9(6)15(2)11(5)16/h3-4H,1-2H3,(H,17,18). The van der Waals surface area contributed by atoms with Gasteiger partial charge in [-0.2, -0.15) is 0 Å². The van der Waals surface area contributed by atoms with E-state index < -0.39 is 17.3 Å². The number of carbonyl (C=O) groups is 1. The Bertz CT molecular complexity index is 736. The Kier molecular flexibility index (Phi) is 2.98. The molecule has 0 saturated carbocycles. The first kappa shape index (κ1) is 12.8. The van der Waals surface area contributed by atoms with Gasteiger partial charge in [0.1, 0.15) is 5.82 Å². The number of hydrogen-bond donors (Lipinski definition) is 1. The quantitative estimate of drug-likeness (QED) is 0.879. The van der Waals surface area contributed by atoms with Gasteiger partial charge in [0.2, 0.25) is 0 Å². The number of nitrogens with zero attached hydrogens (tertiary/aromatic N) is 1. The number of carboxylic acid groups (broad SMARTS) is 1. The first-order valence-corrected chi connectivity index (χ1v) is 5.85. The van der Waals surface area contributed by atoms with Crippen LogP contribution in [0.25, 0.3) is 10.9 Å². The zero-order valence-corrected chi connectivity index (χ0v) is 11.2. The summed E-state index contributed by atoms with van der Waals surface area (Å²) in [6, 6.07) is 2.52. The van der Waals surface area contributed by atoms with Crippen LogP contribution in [-0.2, 0) is 7.05 Å². The molecule has 18 heavy (non-hydrogen) atoms. The molecule has 0 amide bonds. The monoisotopic (exact) mass is 313 g/mol. The predicted octanol–water partition coefficient (Wildman–Crippen LogP) is 2.45.